The van der Waals surface area contributed by atoms with Crippen molar-refractivity contribution in [3.8, 4) is 0 Å². The minimum absolute atomic E-state index is 0.0847. The van der Waals surface area contributed by atoms with Gasteiger partial charge in [0.15, 0.2) is 0 Å². The smallest absolute Gasteiger partial charge is 0.315 e. The van der Waals surface area contributed by atoms with Crippen molar-refractivity contribution < 1.29 is 4.42 Å². The van der Waals surface area contributed by atoms with Crippen molar-refractivity contribution in [2.24, 2.45) is 0 Å². The first-order chi connectivity index (χ1) is 8.70. The van der Waals surface area contributed by atoms with Gasteiger partial charge in [-0.25, -0.2) is 0 Å². The molecular formula is C12H18N4OS. The lowest BCUT2D eigenvalue weighted by atomic mass is 10.3. The first-order valence-electron chi connectivity index (χ1n) is 6.04. The first kappa shape index (κ1) is 13.0. The third-order valence-corrected chi connectivity index (χ3v) is 3.71. The Bertz CT molecular complexity index is 494. The van der Waals surface area contributed by atoms with Crippen molar-refractivity contribution >= 4 is 17.4 Å². The molecule has 2 aromatic heterocycles. The summed E-state index contributed by atoms with van der Waals surface area (Å²) in [5.74, 6) is 0.613. The highest BCUT2D eigenvalue weighted by molar-refractivity contribution is 7.10. The maximum Gasteiger partial charge on any atom is 0.315 e. The largest absolute Gasteiger partial charge is 0.406 e. The summed E-state index contributed by atoms with van der Waals surface area (Å²) in [6.45, 7) is 7.75. The molecule has 0 spiro atoms. The van der Waals surface area contributed by atoms with Gasteiger partial charge in [0.05, 0.1) is 12.6 Å². The lowest BCUT2D eigenvalue weighted by Gasteiger charge is -2.05. The number of hydrogen-bond donors (Lipinski definition) is 2. The molecule has 2 rings (SSSR count). The van der Waals surface area contributed by atoms with E-state index in [9.17, 15) is 0 Å². The highest BCUT2D eigenvalue weighted by Crippen LogP contribution is 2.18. The van der Waals surface area contributed by atoms with Gasteiger partial charge in [-0.05, 0) is 37.4 Å². The zero-order chi connectivity index (χ0) is 13.0. The molecule has 1 atom stereocenters. The zero-order valence-corrected chi connectivity index (χ0v) is 11.7. The minimum Gasteiger partial charge on any atom is -0.406 e. The summed E-state index contributed by atoms with van der Waals surface area (Å²) in [5, 5.41) is 16.5. The molecule has 18 heavy (non-hydrogen) atoms. The number of nitrogens with zero attached hydrogens (tertiary/aromatic N) is 2. The van der Waals surface area contributed by atoms with Gasteiger partial charge in [-0.3, -0.25) is 0 Å². The van der Waals surface area contributed by atoms with E-state index in [1.165, 1.54) is 10.4 Å². The Morgan fingerprint density at radius 3 is 2.94 bits per heavy atom. The molecule has 0 amide bonds. The van der Waals surface area contributed by atoms with Crippen LogP contribution in [0.2, 0.25) is 0 Å². The fraction of sp³-hybridized carbons (Fsp3) is 0.500. The molecule has 0 bridgehead atoms. The van der Waals surface area contributed by atoms with Crippen molar-refractivity contribution in [3.05, 3.63) is 27.8 Å². The van der Waals surface area contributed by atoms with Crippen molar-refractivity contribution in [3.63, 3.8) is 0 Å². The quantitative estimate of drug-likeness (QED) is 0.841. The molecule has 1 unspecified atom stereocenters. The van der Waals surface area contributed by atoms with Crippen LogP contribution in [0.3, 0.4) is 0 Å². The number of nitrogens with one attached hydrogen (secondary N) is 2. The van der Waals surface area contributed by atoms with E-state index in [2.05, 4.69) is 39.2 Å². The molecule has 2 aromatic rings. The fourth-order valence-corrected chi connectivity index (χ4v) is 2.46. The van der Waals surface area contributed by atoms with Gasteiger partial charge in [0.1, 0.15) is 0 Å². The summed E-state index contributed by atoms with van der Waals surface area (Å²) in [6.07, 6.45) is 0. The molecule has 6 heteroatoms. The molecule has 0 aliphatic heterocycles. The van der Waals surface area contributed by atoms with E-state index in [4.69, 9.17) is 4.42 Å². The molecule has 0 fully saturated rings. The van der Waals surface area contributed by atoms with E-state index in [-0.39, 0.29) is 6.04 Å². The second-order valence-corrected chi connectivity index (χ2v) is 5.11. The molecule has 0 aromatic carbocycles. The van der Waals surface area contributed by atoms with Gasteiger partial charge in [-0.1, -0.05) is 12.0 Å². The number of rotatable bonds is 6. The molecule has 0 aliphatic rings. The summed E-state index contributed by atoms with van der Waals surface area (Å²) in [7, 11) is 0. The molecule has 98 valence electrons. The Kier molecular flexibility index (Phi) is 4.33. The summed E-state index contributed by atoms with van der Waals surface area (Å²) < 4.78 is 5.54. The summed E-state index contributed by atoms with van der Waals surface area (Å²) in [6, 6.07) is 2.66. The molecule has 2 heterocycles. The Hall–Kier alpha value is -1.40. The normalized spacial score (nSPS) is 12.6. The number of hydrogen-bond acceptors (Lipinski definition) is 6. The van der Waals surface area contributed by atoms with Gasteiger partial charge >= 0.3 is 6.01 Å². The van der Waals surface area contributed by atoms with Crippen molar-refractivity contribution in [2.75, 3.05) is 11.9 Å². The van der Waals surface area contributed by atoms with Crippen molar-refractivity contribution in [1.82, 2.24) is 15.5 Å². The zero-order valence-electron chi connectivity index (χ0n) is 10.9. The number of anilines is 1. The van der Waals surface area contributed by atoms with Crippen LogP contribution in [0.15, 0.2) is 15.9 Å². The summed E-state index contributed by atoms with van der Waals surface area (Å²) in [4.78, 5) is 1.29. The lowest BCUT2D eigenvalue weighted by Crippen LogP contribution is -2.17. The van der Waals surface area contributed by atoms with Crippen LogP contribution in [0.1, 0.15) is 36.2 Å². The van der Waals surface area contributed by atoms with Crippen LogP contribution in [-0.2, 0) is 6.54 Å². The van der Waals surface area contributed by atoms with Gasteiger partial charge in [0.2, 0.25) is 5.89 Å². The van der Waals surface area contributed by atoms with Gasteiger partial charge in [0.25, 0.3) is 0 Å². The predicted molar refractivity (Wildman–Crippen MR) is 72.8 cm³/mol. The van der Waals surface area contributed by atoms with E-state index in [1.54, 1.807) is 11.3 Å². The SMILES string of the molecule is CCNC(C)c1nnc(NCc2sccc2C)o1. The number of aromatic nitrogens is 2. The Morgan fingerprint density at radius 1 is 1.44 bits per heavy atom. The van der Waals surface area contributed by atoms with Crippen molar-refractivity contribution in [2.45, 2.75) is 33.4 Å². The molecule has 0 aliphatic carbocycles. The predicted octanol–water partition coefficient (Wildman–Crippen LogP) is 2.72. The van der Waals surface area contributed by atoms with Crippen LogP contribution >= 0.6 is 11.3 Å². The van der Waals surface area contributed by atoms with E-state index in [1.807, 2.05) is 13.8 Å². The number of thiophene rings is 1. The Balaban J connectivity index is 1.93. The maximum atomic E-state index is 5.54. The monoisotopic (exact) mass is 266 g/mol. The van der Waals surface area contributed by atoms with E-state index in [0.29, 0.717) is 11.9 Å². The average Bonchev–Trinajstić information content (AvgIpc) is 2.96. The highest BCUT2D eigenvalue weighted by Gasteiger charge is 2.12. The van der Waals surface area contributed by atoms with E-state index < -0.39 is 0 Å². The van der Waals surface area contributed by atoms with Crippen LogP contribution in [0.4, 0.5) is 6.01 Å². The van der Waals surface area contributed by atoms with Crippen LogP contribution in [-0.4, -0.2) is 16.7 Å². The van der Waals surface area contributed by atoms with Crippen LogP contribution in [0.5, 0.6) is 0 Å². The molecule has 0 saturated heterocycles. The second kappa shape index (κ2) is 5.97. The molecule has 5 nitrogen and oxygen atoms in total. The number of aryl methyl sites for hydroxylation is 1. The van der Waals surface area contributed by atoms with Gasteiger partial charge in [-0.2, -0.15) is 0 Å². The molecule has 0 radical (unpaired) electrons. The van der Waals surface area contributed by atoms with E-state index >= 15 is 0 Å². The third kappa shape index (κ3) is 3.08. The first-order valence-corrected chi connectivity index (χ1v) is 6.92. The Labute approximate surface area is 111 Å². The Morgan fingerprint density at radius 2 is 2.28 bits per heavy atom. The minimum atomic E-state index is 0.0847. The van der Waals surface area contributed by atoms with Gasteiger partial charge in [0, 0.05) is 4.88 Å². The fourth-order valence-electron chi connectivity index (χ4n) is 1.62. The topological polar surface area (TPSA) is 63.0 Å². The standard InChI is InChI=1S/C12H18N4OS/c1-4-13-9(3)11-15-16-12(17-11)14-7-10-8(2)5-6-18-10/h5-6,9,13H,4,7H2,1-3H3,(H,14,16). The van der Waals surface area contributed by atoms with Crippen LogP contribution in [0.25, 0.3) is 0 Å². The van der Waals surface area contributed by atoms with Crippen LogP contribution in [0, 0.1) is 6.92 Å². The lowest BCUT2D eigenvalue weighted by molar-refractivity contribution is 0.429. The van der Waals surface area contributed by atoms with Crippen LogP contribution < -0.4 is 10.6 Å². The van der Waals surface area contributed by atoms with Gasteiger partial charge < -0.3 is 15.1 Å². The molecular weight excluding hydrogens is 248 g/mol. The van der Waals surface area contributed by atoms with Crippen molar-refractivity contribution in [1.29, 1.82) is 0 Å². The maximum absolute atomic E-state index is 5.54. The summed E-state index contributed by atoms with van der Waals surface area (Å²) >= 11 is 1.73. The molecule has 0 saturated carbocycles. The molecule has 2 N–H and O–H groups in total. The van der Waals surface area contributed by atoms with Gasteiger partial charge in [-0.15, -0.1) is 16.4 Å². The third-order valence-electron chi connectivity index (χ3n) is 2.69. The second-order valence-electron chi connectivity index (χ2n) is 4.11. The van der Waals surface area contributed by atoms with E-state index in [0.717, 1.165) is 13.1 Å². The summed E-state index contributed by atoms with van der Waals surface area (Å²) in [5.41, 5.74) is 1.29. The highest BCUT2D eigenvalue weighted by atomic mass is 32.1. The average molecular weight is 266 g/mol.